The lowest BCUT2D eigenvalue weighted by Crippen LogP contribution is -2.41. The molecule has 31 heavy (non-hydrogen) atoms. The molecule has 1 aliphatic carbocycles. The number of hydrogen-bond acceptors (Lipinski definition) is 6. The molecule has 0 unspecified atom stereocenters. The first-order valence-electron chi connectivity index (χ1n) is 10.5. The van der Waals surface area contributed by atoms with E-state index in [1.807, 2.05) is 35.7 Å². The highest BCUT2D eigenvalue weighted by Gasteiger charge is 2.43. The van der Waals surface area contributed by atoms with Crippen LogP contribution in [0.15, 0.2) is 47.8 Å². The fourth-order valence-electron chi connectivity index (χ4n) is 4.91. The Morgan fingerprint density at radius 3 is 2.65 bits per heavy atom. The number of anilines is 3. The lowest BCUT2D eigenvalue weighted by atomic mass is 10.0. The first-order valence-corrected chi connectivity index (χ1v) is 11.3. The third kappa shape index (κ3) is 3.27. The summed E-state index contributed by atoms with van der Waals surface area (Å²) in [4.78, 5) is 29.8. The monoisotopic (exact) mass is 433 g/mol. The van der Waals surface area contributed by atoms with Gasteiger partial charge in [0, 0.05) is 34.8 Å². The van der Waals surface area contributed by atoms with Crippen LogP contribution in [0.4, 0.5) is 17.1 Å². The predicted molar refractivity (Wildman–Crippen MR) is 122 cm³/mol. The van der Waals surface area contributed by atoms with Crippen LogP contribution in [-0.2, 0) is 4.79 Å². The lowest BCUT2D eigenvalue weighted by Gasteiger charge is -2.31. The fraction of sp³-hybridized carbons (Fsp3) is 0.304. The minimum absolute atomic E-state index is 0.0735. The van der Waals surface area contributed by atoms with Crippen LogP contribution < -0.4 is 15.5 Å². The van der Waals surface area contributed by atoms with Gasteiger partial charge >= 0.3 is 0 Å². The lowest BCUT2D eigenvalue weighted by molar-refractivity contribution is -0.121. The molecule has 2 atom stereocenters. The third-order valence-corrected chi connectivity index (χ3v) is 6.85. The number of carbonyl (C=O) groups excluding carboxylic acids is 2. The summed E-state index contributed by atoms with van der Waals surface area (Å²) in [6, 6.07) is 13.3. The van der Waals surface area contributed by atoms with Crippen LogP contribution in [0.5, 0.6) is 0 Å². The van der Waals surface area contributed by atoms with Gasteiger partial charge < -0.3 is 10.6 Å². The first-order chi connectivity index (χ1) is 15.1. The standard InChI is InChI=1S/C23H23N5O2S/c1-2-27-19-5-3-4-17(19)23(30)28(21-12-15(22(24)29)8-11-20(21)27)16-9-6-14(7-10-16)18-13-31-26-25-18/h6-13,17,19H,2-5H2,1H3,(H2,24,29)/t17-,19+/m0/s1. The number of amides is 2. The molecule has 2 heterocycles. The molecule has 0 saturated heterocycles. The van der Waals surface area contributed by atoms with Crippen molar-refractivity contribution in [3.8, 4) is 11.3 Å². The zero-order valence-electron chi connectivity index (χ0n) is 17.2. The molecule has 0 radical (unpaired) electrons. The van der Waals surface area contributed by atoms with Crippen molar-refractivity contribution >= 4 is 40.4 Å². The van der Waals surface area contributed by atoms with Crippen molar-refractivity contribution in [3.05, 3.63) is 53.4 Å². The van der Waals surface area contributed by atoms with Crippen LogP contribution in [-0.4, -0.2) is 34.0 Å². The van der Waals surface area contributed by atoms with Crippen LogP contribution in [0.1, 0.15) is 36.5 Å². The Labute approximate surface area is 184 Å². The highest BCUT2D eigenvalue weighted by molar-refractivity contribution is 7.03. The quantitative estimate of drug-likeness (QED) is 0.672. The third-order valence-electron chi connectivity index (χ3n) is 6.35. The van der Waals surface area contributed by atoms with Crippen LogP contribution in [0.3, 0.4) is 0 Å². The highest BCUT2D eigenvalue weighted by Crippen LogP contribution is 2.45. The van der Waals surface area contributed by atoms with Crippen molar-refractivity contribution in [2.24, 2.45) is 11.7 Å². The molecule has 1 saturated carbocycles. The number of rotatable bonds is 4. The van der Waals surface area contributed by atoms with Gasteiger partial charge in [0.2, 0.25) is 11.8 Å². The van der Waals surface area contributed by atoms with Crippen molar-refractivity contribution in [2.45, 2.75) is 32.2 Å². The van der Waals surface area contributed by atoms with E-state index in [1.165, 1.54) is 11.5 Å². The molecule has 2 aliphatic rings. The Bertz CT molecular complexity index is 1130. The summed E-state index contributed by atoms with van der Waals surface area (Å²) in [6.07, 6.45) is 2.90. The molecular weight excluding hydrogens is 410 g/mol. The predicted octanol–water partition coefficient (Wildman–Crippen LogP) is 3.98. The van der Waals surface area contributed by atoms with E-state index in [-0.39, 0.29) is 17.9 Å². The van der Waals surface area contributed by atoms with Crippen LogP contribution >= 0.6 is 11.5 Å². The average Bonchev–Trinajstić information content (AvgIpc) is 3.47. The molecule has 0 bridgehead atoms. The number of primary amides is 1. The summed E-state index contributed by atoms with van der Waals surface area (Å²) < 4.78 is 3.92. The smallest absolute Gasteiger partial charge is 0.248 e. The summed E-state index contributed by atoms with van der Waals surface area (Å²) >= 11 is 1.30. The van der Waals surface area contributed by atoms with Gasteiger partial charge in [0.25, 0.3) is 0 Å². The van der Waals surface area contributed by atoms with E-state index in [4.69, 9.17) is 5.73 Å². The second-order valence-electron chi connectivity index (χ2n) is 7.97. The van der Waals surface area contributed by atoms with Gasteiger partial charge in [-0.1, -0.05) is 23.0 Å². The highest BCUT2D eigenvalue weighted by atomic mass is 32.1. The molecule has 7 nitrogen and oxygen atoms in total. The largest absolute Gasteiger partial charge is 0.366 e. The molecule has 158 valence electrons. The van der Waals surface area contributed by atoms with Crippen molar-refractivity contribution < 1.29 is 9.59 Å². The number of carbonyl (C=O) groups is 2. The number of nitrogens with zero attached hydrogens (tertiary/aromatic N) is 4. The van der Waals surface area contributed by atoms with Gasteiger partial charge in [0.05, 0.1) is 17.3 Å². The van der Waals surface area contributed by atoms with Gasteiger partial charge in [-0.05, 0) is 61.6 Å². The number of benzene rings is 2. The molecule has 5 rings (SSSR count). The topological polar surface area (TPSA) is 92.4 Å². The normalized spacial score (nSPS) is 20.4. The second-order valence-corrected chi connectivity index (χ2v) is 8.58. The van der Waals surface area contributed by atoms with Crippen molar-refractivity contribution in [3.63, 3.8) is 0 Å². The van der Waals surface area contributed by atoms with E-state index < -0.39 is 5.91 Å². The van der Waals surface area contributed by atoms with Crippen molar-refractivity contribution in [1.82, 2.24) is 9.59 Å². The van der Waals surface area contributed by atoms with Gasteiger partial charge in [-0.2, -0.15) is 0 Å². The Kier molecular flexibility index (Phi) is 4.94. The summed E-state index contributed by atoms with van der Waals surface area (Å²) in [5.74, 6) is -0.509. The molecule has 2 aromatic carbocycles. The van der Waals surface area contributed by atoms with Crippen LogP contribution in [0.2, 0.25) is 0 Å². The van der Waals surface area contributed by atoms with E-state index in [0.717, 1.165) is 48.4 Å². The molecular formula is C23H23N5O2S. The van der Waals surface area contributed by atoms with Crippen LogP contribution in [0.25, 0.3) is 11.3 Å². The molecule has 3 aromatic rings. The molecule has 0 spiro atoms. The molecule has 1 aliphatic heterocycles. The van der Waals surface area contributed by atoms with Crippen LogP contribution in [0, 0.1) is 5.92 Å². The van der Waals surface area contributed by atoms with E-state index in [9.17, 15) is 9.59 Å². The number of aromatic nitrogens is 2. The Hall–Kier alpha value is -3.26. The van der Waals surface area contributed by atoms with E-state index in [2.05, 4.69) is 21.4 Å². The molecule has 2 N–H and O–H groups in total. The number of fused-ring (bicyclic) bond motifs is 2. The summed E-state index contributed by atoms with van der Waals surface area (Å²) in [5, 5.41) is 6.01. The minimum atomic E-state index is -0.505. The molecule has 1 aromatic heterocycles. The second kappa shape index (κ2) is 7.77. The average molecular weight is 434 g/mol. The van der Waals surface area contributed by atoms with E-state index >= 15 is 0 Å². The van der Waals surface area contributed by atoms with Crippen molar-refractivity contribution in [1.29, 1.82) is 0 Å². The first kappa shape index (κ1) is 19.7. The SMILES string of the molecule is CCN1c2ccc(C(N)=O)cc2N(c2ccc(-c3csnn3)cc2)C(=O)[C@H]2CCC[C@H]21. The van der Waals surface area contributed by atoms with Gasteiger partial charge in [0.15, 0.2) is 0 Å². The number of nitrogens with two attached hydrogens (primary N) is 1. The van der Waals surface area contributed by atoms with Gasteiger partial charge in [-0.3, -0.25) is 14.5 Å². The van der Waals surface area contributed by atoms with Gasteiger partial charge in [-0.25, -0.2) is 0 Å². The Morgan fingerprint density at radius 2 is 1.97 bits per heavy atom. The Morgan fingerprint density at radius 1 is 1.16 bits per heavy atom. The zero-order chi connectivity index (χ0) is 21.5. The number of hydrogen-bond donors (Lipinski definition) is 1. The van der Waals surface area contributed by atoms with Gasteiger partial charge in [0.1, 0.15) is 5.69 Å². The Balaban J connectivity index is 1.66. The van der Waals surface area contributed by atoms with Gasteiger partial charge in [-0.15, -0.1) is 5.10 Å². The molecule has 2 amide bonds. The summed E-state index contributed by atoms with van der Waals surface area (Å²) in [6.45, 7) is 2.90. The summed E-state index contributed by atoms with van der Waals surface area (Å²) in [7, 11) is 0. The zero-order valence-corrected chi connectivity index (χ0v) is 18.0. The maximum Gasteiger partial charge on any atom is 0.248 e. The van der Waals surface area contributed by atoms with Crippen molar-refractivity contribution in [2.75, 3.05) is 16.3 Å². The molecule has 1 fully saturated rings. The molecule has 8 heteroatoms. The maximum atomic E-state index is 13.8. The van der Waals surface area contributed by atoms with E-state index in [1.54, 1.807) is 17.0 Å². The minimum Gasteiger partial charge on any atom is -0.366 e. The maximum absolute atomic E-state index is 13.8. The summed E-state index contributed by atoms with van der Waals surface area (Å²) in [5.41, 5.74) is 10.2. The fourth-order valence-corrected chi connectivity index (χ4v) is 5.37. The van der Waals surface area contributed by atoms with E-state index in [0.29, 0.717) is 11.3 Å².